The molecule has 3 N–H and O–H groups in total. The van der Waals surface area contributed by atoms with Crippen molar-refractivity contribution >= 4 is 17.5 Å². The van der Waals surface area contributed by atoms with Crippen molar-refractivity contribution in [2.75, 3.05) is 37.6 Å². The maximum Gasteiger partial charge on any atom is 0.248 e. The number of hydrogen-bond acceptors (Lipinski definition) is 5. The molecule has 7 heteroatoms. The van der Waals surface area contributed by atoms with Crippen LogP contribution in [0.25, 0.3) is 0 Å². The quantitative estimate of drug-likeness (QED) is 0.520. The molecule has 2 amide bonds. The maximum atomic E-state index is 13.2. The first kappa shape index (κ1) is 21.1. The molecule has 4 rings (SSSR count). The number of hydrogen-bond donors (Lipinski definition) is 3. The average Bonchev–Trinajstić information content (AvgIpc) is 3.50. The molecule has 0 unspecified atom stereocenters. The summed E-state index contributed by atoms with van der Waals surface area (Å²) in [5.41, 5.74) is 4.54. The molecule has 1 aromatic rings. The largest absolute Gasteiger partial charge is 0.368 e. The lowest BCUT2D eigenvalue weighted by atomic mass is 9.81. The highest BCUT2D eigenvalue weighted by Crippen LogP contribution is 2.52. The topological polar surface area (TPSA) is 84.9 Å². The van der Waals surface area contributed by atoms with Crippen molar-refractivity contribution < 1.29 is 14.8 Å². The lowest BCUT2D eigenvalue weighted by Gasteiger charge is -2.41. The average molecular weight is 415 g/mol. The van der Waals surface area contributed by atoms with Gasteiger partial charge in [0.1, 0.15) is 0 Å². The van der Waals surface area contributed by atoms with E-state index in [2.05, 4.69) is 55.3 Å². The van der Waals surface area contributed by atoms with Gasteiger partial charge in [-0.25, -0.2) is 5.48 Å². The van der Waals surface area contributed by atoms with Crippen molar-refractivity contribution in [2.45, 2.75) is 51.5 Å². The van der Waals surface area contributed by atoms with Crippen LogP contribution in [0.3, 0.4) is 0 Å². The Hall–Kier alpha value is -2.12. The van der Waals surface area contributed by atoms with Gasteiger partial charge in [-0.05, 0) is 47.8 Å². The van der Waals surface area contributed by atoms with E-state index in [9.17, 15) is 9.59 Å². The van der Waals surface area contributed by atoms with E-state index >= 15 is 0 Å². The first-order valence-electron chi connectivity index (χ1n) is 11.0. The second-order valence-corrected chi connectivity index (χ2v) is 10.3. The summed E-state index contributed by atoms with van der Waals surface area (Å²) in [4.78, 5) is 29.6. The normalized spacial score (nSPS) is 25.9. The summed E-state index contributed by atoms with van der Waals surface area (Å²) in [5.74, 6) is -0.993. The van der Waals surface area contributed by atoms with Crippen LogP contribution in [0.5, 0.6) is 0 Å². The summed E-state index contributed by atoms with van der Waals surface area (Å²) < 4.78 is 0. The number of benzene rings is 1. The highest BCUT2D eigenvalue weighted by atomic mass is 16.5. The number of hydroxylamine groups is 1. The number of nitrogens with one attached hydrogen (secondary N) is 2. The van der Waals surface area contributed by atoms with Gasteiger partial charge in [0.25, 0.3) is 0 Å². The van der Waals surface area contributed by atoms with Gasteiger partial charge in [0, 0.05) is 38.4 Å². The first-order chi connectivity index (χ1) is 14.2. The second-order valence-electron chi connectivity index (χ2n) is 10.3. The fourth-order valence-corrected chi connectivity index (χ4v) is 4.82. The molecule has 1 aromatic carbocycles. The summed E-state index contributed by atoms with van der Waals surface area (Å²) in [6.45, 7) is 10.2. The number of piperidine rings is 1. The smallest absolute Gasteiger partial charge is 0.248 e. The number of carbonyl (C=O) groups is 2. The van der Waals surface area contributed by atoms with Gasteiger partial charge in [0.15, 0.2) is 0 Å². The molecule has 2 atom stereocenters. The van der Waals surface area contributed by atoms with Crippen LogP contribution >= 0.6 is 0 Å². The predicted molar refractivity (Wildman–Crippen MR) is 115 cm³/mol. The van der Waals surface area contributed by atoms with E-state index in [1.165, 1.54) is 11.3 Å². The zero-order valence-corrected chi connectivity index (χ0v) is 18.3. The van der Waals surface area contributed by atoms with Crippen LogP contribution in [0.4, 0.5) is 5.69 Å². The molecule has 1 spiro atoms. The summed E-state index contributed by atoms with van der Waals surface area (Å²) in [6.07, 6.45) is 2.84. The number of carbonyl (C=O) groups excluding carboxylic acids is 2. The predicted octanol–water partition coefficient (Wildman–Crippen LogP) is 1.90. The monoisotopic (exact) mass is 414 g/mol. The molecule has 7 nitrogen and oxygen atoms in total. The minimum Gasteiger partial charge on any atom is -0.368 e. The van der Waals surface area contributed by atoms with Crippen molar-refractivity contribution in [3.63, 3.8) is 0 Å². The van der Waals surface area contributed by atoms with E-state index < -0.39 is 17.9 Å². The van der Waals surface area contributed by atoms with Crippen molar-refractivity contribution in [2.24, 2.45) is 11.3 Å². The molecular formula is C23H34N4O3. The van der Waals surface area contributed by atoms with Crippen LogP contribution in [0.15, 0.2) is 24.3 Å². The van der Waals surface area contributed by atoms with Crippen LogP contribution in [-0.2, 0) is 15.0 Å². The number of nitrogens with zero attached hydrogens (tertiary/aromatic N) is 2. The molecule has 3 aliphatic rings. The molecule has 2 heterocycles. The Morgan fingerprint density at radius 2 is 1.73 bits per heavy atom. The molecule has 164 valence electrons. The van der Waals surface area contributed by atoms with Crippen molar-refractivity contribution in [1.29, 1.82) is 0 Å². The van der Waals surface area contributed by atoms with Gasteiger partial charge in [-0.1, -0.05) is 32.9 Å². The fourth-order valence-electron chi connectivity index (χ4n) is 4.82. The van der Waals surface area contributed by atoms with E-state index in [1.54, 1.807) is 5.48 Å². The van der Waals surface area contributed by atoms with Crippen LogP contribution in [-0.4, -0.2) is 60.7 Å². The van der Waals surface area contributed by atoms with Crippen LogP contribution in [0.2, 0.25) is 0 Å². The third kappa shape index (κ3) is 4.18. The maximum absolute atomic E-state index is 13.2. The second kappa shape index (κ2) is 7.85. The first-order valence-corrected chi connectivity index (χ1v) is 11.0. The Kier molecular flexibility index (Phi) is 5.53. The van der Waals surface area contributed by atoms with Crippen LogP contribution in [0.1, 0.15) is 45.6 Å². The number of piperazine rings is 1. The number of anilines is 1. The van der Waals surface area contributed by atoms with E-state index in [-0.39, 0.29) is 16.7 Å². The van der Waals surface area contributed by atoms with Crippen LogP contribution < -0.4 is 15.7 Å². The van der Waals surface area contributed by atoms with Gasteiger partial charge in [-0.15, -0.1) is 0 Å². The van der Waals surface area contributed by atoms with Crippen molar-refractivity contribution in [3.05, 3.63) is 29.8 Å². The van der Waals surface area contributed by atoms with Gasteiger partial charge in [-0.3, -0.25) is 14.8 Å². The van der Waals surface area contributed by atoms with Gasteiger partial charge in [0.05, 0.1) is 12.0 Å². The van der Waals surface area contributed by atoms with E-state index in [0.29, 0.717) is 19.5 Å². The zero-order valence-electron chi connectivity index (χ0n) is 18.3. The number of rotatable bonds is 3. The van der Waals surface area contributed by atoms with Gasteiger partial charge < -0.3 is 15.1 Å². The zero-order chi connectivity index (χ0) is 21.5. The highest BCUT2D eigenvalue weighted by Gasteiger charge is 2.52. The minimum absolute atomic E-state index is 0.0261. The van der Waals surface area contributed by atoms with Gasteiger partial charge in [-0.2, -0.15) is 0 Å². The van der Waals surface area contributed by atoms with Crippen molar-refractivity contribution in [1.82, 2.24) is 15.7 Å². The summed E-state index contributed by atoms with van der Waals surface area (Å²) in [5, 5.41) is 12.5. The Labute approximate surface area is 178 Å². The lowest BCUT2D eigenvalue weighted by molar-refractivity contribution is -0.145. The Balaban J connectivity index is 1.37. The summed E-state index contributed by atoms with van der Waals surface area (Å²) >= 11 is 0. The molecule has 0 bridgehead atoms. The molecule has 2 saturated heterocycles. The van der Waals surface area contributed by atoms with Crippen molar-refractivity contribution in [3.8, 4) is 0 Å². The molecule has 0 radical (unpaired) electrons. The third-order valence-electron chi connectivity index (χ3n) is 7.11. The molecule has 2 aliphatic heterocycles. The van der Waals surface area contributed by atoms with E-state index in [4.69, 9.17) is 5.21 Å². The summed E-state index contributed by atoms with van der Waals surface area (Å²) in [6, 6.07) is 8.14. The SMILES string of the molecule is CC(C)(C)c1ccc(N2CCN(C(=O)[C@H]3NCC4(CC4)C[C@@H]3C(=O)NO)CC2)cc1. The Bertz CT molecular complexity index is 790. The molecular weight excluding hydrogens is 380 g/mol. The molecule has 1 aliphatic carbocycles. The third-order valence-corrected chi connectivity index (χ3v) is 7.11. The number of amides is 2. The van der Waals surface area contributed by atoms with E-state index in [0.717, 1.165) is 32.5 Å². The molecule has 3 fully saturated rings. The fraction of sp³-hybridized carbons (Fsp3) is 0.652. The van der Waals surface area contributed by atoms with Crippen LogP contribution in [0, 0.1) is 11.3 Å². The Morgan fingerprint density at radius 3 is 2.27 bits per heavy atom. The lowest BCUT2D eigenvalue weighted by Crippen LogP contribution is -2.61. The Morgan fingerprint density at radius 1 is 1.10 bits per heavy atom. The van der Waals surface area contributed by atoms with Gasteiger partial charge in [0.2, 0.25) is 11.8 Å². The highest BCUT2D eigenvalue weighted by molar-refractivity contribution is 5.90. The van der Waals surface area contributed by atoms with E-state index in [1.807, 2.05) is 4.90 Å². The van der Waals surface area contributed by atoms with Gasteiger partial charge >= 0.3 is 0 Å². The molecule has 30 heavy (non-hydrogen) atoms. The summed E-state index contributed by atoms with van der Waals surface area (Å²) in [7, 11) is 0. The minimum atomic E-state index is -0.555. The molecule has 1 saturated carbocycles. The molecule has 0 aromatic heterocycles. The standard InChI is InChI=1S/C23H34N4O3/c1-22(2,3)16-4-6-17(7-5-16)26-10-12-27(13-11-26)21(29)19-18(20(28)25-30)14-23(8-9-23)15-24-19/h4-7,18-19,24,30H,8-15H2,1-3H3,(H,25,28)/t18-,19-/m0/s1.